The molecular weight excluding hydrogens is 594 g/mol. The molecule has 1 aliphatic carbocycles. The monoisotopic (exact) mass is 631 g/mol. The SMILES string of the molecule is Cc1ccccc1Nc1nc2ccc(CC(=O)C(OC3CCC(C(=O)O)CC3)(N3CCCC3)S(=O)(=O)c3ccccc3)cc2o1. The molecule has 10 nitrogen and oxygen atoms in total. The number of likely N-dealkylation sites (tertiary alicyclic amines) is 1. The number of ether oxygens (including phenoxy) is 1. The number of aryl methyl sites for hydroxylation is 1. The Kier molecular flexibility index (Phi) is 8.76. The summed E-state index contributed by atoms with van der Waals surface area (Å²) >= 11 is 0. The number of rotatable bonds is 11. The number of fused-ring (bicyclic) bond motifs is 1. The second-order valence-electron chi connectivity index (χ2n) is 11.9. The number of ketones is 1. The average Bonchev–Trinajstić information content (AvgIpc) is 3.72. The van der Waals surface area contributed by atoms with Gasteiger partial charge in [-0.15, -0.1) is 0 Å². The van der Waals surface area contributed by atoms with Gasteiger partial charge < -0.3 is 19.6 Å². The van der Waals surface area contributed by atoms with E-state index >= 15 is 0 Å². The molecule has 2 N–H and O–H groups in total. The van der Waals surface area contributed by atoms with Crippen LogP contribution in [0, 0.1) is 12.8 Å². The van der Waals surface area contributed by atoms with Gasteiger partial charge in [-0.3, -0.25) is 14.5 Å². The standard InChI is InChI=1S/C34H37N3O7S/c1-23-9-5-6-12-28(23)35-33-36-29-18-13-24(21-30(29)43-33)22-31(38)34(37-19-7-8-20-37,45(41,42)27-10-3-2-4-11-27)44-26-16-14-25(15-17-26)32(39)40/h2-6,9-13,18,21,25-26H,7-8,14-17,19-20,22H2,1H3,(H,35,36)(H,39,40). The quantitative estimate of drug-likeness (QED) is 0.206. The van der Waals surface area contributed by atoms with Crippen LogP contribution in [0.3, 0.4) is 0 Å². The minimum absolute atomic E-state index is 0.00193. The fraction of sp³-hybridized carbons (Fsp3) is 0.382. The van der Waals surface area contributed by atoms with E-state index in [1.807, 2.05) is 31.2 Å². The predicted molar refractivity (Wildman–Crippen MR) is 169 cm³/mol. The summed E-state index contributed by atoms with van der Waals surface area (Å²) in [6.45, 7) is 2.75. The highest BCUT2D eigenvalue weighted by molar-refractivity contribution is 7.93. The molecule has 1 unspecified atom stereocenters. The lowest BCUT2D eigenvalue weighted by Crippen LogP contribution is -2.62. The Morgan fingerprint density at radius 3 is 2.38 bits per heavy atom. The van der Waals surface area contributed by atoms with Crippen LogP contribution in [-0.4, -0.2) is 59.4 Å². The first-order valence-electron chi connectivity index (χ1n) is 15.4. The normalized spacial score (nSPS) is 20.6. The van der Waals surface area contributed by atoms with Crippen molar-refractivity contribution < 1.29 is 32.3 Å². The van der Waals surface area contributed by atoms with Gasteiger partial charge in [0, 0.05) is 25.2 Å². The Bertz CT molecular complexity index is 1790. The molecule has 236 valence electrons. The first kappa shape index (κ1) is 30.9. The molecule has 0 spiro atoms. The van der Waals surface area contributed by atoms with Gasteiger partial charge in [-0.25, -0.2) is 8.42 Å². The van der Waals surface area contributed by atoms with Crippen LogP contribution in [0.1, 0.15) is 49.7 Å². The predicted octanol–water partition coefficient (Wildman–Crippen LogP) is 5.87. The first-order valence-corrected chi connectivity index (χ1v) is 16.9. The average molecular weight is 632 g/mol. The van der Waals surface area contributed by atoms with Crippen molar-refractivity contribution >= 4 is 44.4 Å². The molecule has 11 heteroatoms. The van der Waals surface area contributed by atoms with E-state index in [2.05, 4.69) is 10.3 Å². The Morgan fingerprint density at radius 2 is 1.69 bits per heavy atom. The Labute approximate surface area is 262 Å². The number of aliphatic carboxylic acids is 1. The van der Waals surface area contributed by atoms with E-state index in [1.165, 1.54) is 12.1 Å². The highest BCUT2D eigenvalue weighted by Gasteiger charge is 2.58. The topological polar surface area (TPSA) is 139 Å². The van der Waals surface area contributed by atoms with Crippen molar-refractivity contribution in [2.75, 3.05) is 18.4 Å². The molecule has 1 aliphatic heterocycles. The maximum Gasteiger partial charge on any atom is 0.306 e. The molecule has 2 aliphatic rings. The molecule has 1 aromatic heterocycles. The smallest absolute Gasteiger partial charge is 0.306 e. The van der Waals surface area contributed by atoms with Crippen LogP contribution in [0.25, 0.3) is 11.1 Å². The lowest BCUT2D eigenvalue weighted by Gasteiger charge is -2.42. The van der Waals surface area contributed by atoms with Gasteiger partial charge in [-0.05, 0) is 86.9 Å². The summed E-state index contributed by atoms with van der Waals surface area (Å²) in [7, 11) is -4.38. The fourth-order valence-electron chi connectivity index (χ4n) is 6.38. The second-order valence-corrected chi connectivity index (χ2v) is 13.9. The van der Waals surface area contributed by atoms with Gasteiger partial charge in [0.15, 0.2) is 5.58 Å². The fourth-order valence-corrected chi connectivity index (χ4v) is 8.37. The number of nitrogens with zero attached hydrogens (tertiary/aromatic N) is 2. The van der Waals surface area contributed by atoms with Crippen LogP contribution < -0.4 is 5.32 Å². The van der Waals surface area contributed by atoms with Gasteiger partial charge in [0.25, 0.3) is 11.1 Å². The number of benzene rings is 3. The highest BCUT2D eigenvalue weighted by Crippen LogP contribution is 2.40. The van der Waals surface area contributed by atoms with E-state index in [0.717, 1.165) is 24.1 Å². The Morgan fingerprint density at radius 1 is 1.00 bits per heavy atom. The summed E-state index contributed by atoms with van der Waals surface area (Å²) in [6, 6.07) is 21.2. The van der Waals surface area contributed by atoms with Gasteiger partial charge >= 0.3 is 5.97 Å². The molecule has 45 heavy (non-hydrogen) atoms. The third-order valence-corrected chi connectivity index (χ3v) is 11.0. The number of aromatic nitrogens is 1. The van der Waals surface area contributed by atoms with Crippen molar-refractivity contribution in [3.05, 3.63) is 83.9 Å². The molecule has 2 fully saturated rings. The zero-order valence-corrected chi connectivity index (χ0v) is 26.0. The molecule has 2 heterocycles. The largest absolute Gasteiger partial charge is 0.481 e. The van der Waals surface area contributed by atoms with Crippen LogP contribution in [0.2, 0.25) is 0 Å². The molecular formula is C34H37N3O7S. The number of anilines is 2. The summed E-state index contributed by atoms with van der Waals surface area (Å²) < 4.78 is 41.8. The number of carboxylic acid groups (broad SMARTS) is 1. The van der Waals surface area contributed by atoms with Gasteiger partial charge in [-0.2, -0.15) is 4.98 Å². The number of Topliss-reactive ketones (excluding diaryl/α,β-unsaturated/α-hetero) is 1. The molecule has 3 aromatic carbocycles. The van der Waals surface area contributed by atoms with E-state index in [4.69, 9.17) is 9.15 Å². The number of hydrogen-bond donors (Lipinski definition) is 2. The summed E-state index contributed by atoms with van der Waals surface area (Å²) in [5.41, 5.74) is 3.51. The maximum absolute atomic E-state index is 14.6. The van der Waals surface area contributed by atoms with Crippen LogP contribution in [0.4, 0.5) is 11.7 Å². The second kappa shape index (κ2) is 12.7. The number of nitrogens with one attached hydrogen (secondary N) is 1. The molecule has 0 amide bonds. The maximum atomic E-state index is 14.6. The van der Waals surface area contributed by atoms with Gasteiger partial charge in [0.1, 0.15) is 5.52 Å². The summed E-state index contributed by atoms with van der Waals surface area (Å²) in [6.07, 6.45) is 2.08. The summed E-state index contributed by atoms with van der Waals surface area (Å²) in [4.78, 5) is 32.4. The third-order valence-electron chi connectivity index (χ3n) is 8.85. The number of carbonyl (C=O) groups is 2. The van der Waals surface area contributed by atoms with E-state index in [9.17, 15) is 23.1 Å². The Hall–Kier alpha value is -4.06. The summed E-state index contributed by atoms with van der Waals surface area (Å²) in [5, 5.41) is 10.4. The molecule has 0 radical (unpaired) electrons. The minimum atomic E-state index is -4.38. The van der Waals surface area contributed by atoms with Crippen LogP contribution >= 0.6 is 0 Å². The van der Waals surface area contributed by atoms with Crippen molar-refractivity contribution in [2.24, 2.45) is 5.92 Å². The van der Waals surface area contributed by atoms with Gasteiger partial charge in [0.2, 0.25) is 15.6 Å². The number of carbonyl (C=O) groups excluding carboxylic acids is 1. The molecule has 1 saturated heterocycles. The van der Waals surface area contributed by atoms with E-state index < -0.39 is 38.7 Å². The number of oxazole rings is 1. The van der Waals surface area contributed by atoms with Crippen molar-refractivity contribution in [3.63, 3.8) is 0 Å². The van der Waals surface area contributed by atoms with E-state index in [-0.39, 0.29) is 11.3 Å². The first-order chi connectivity index (χ1) is 21.7. The number of para-hydroxylation sites is 1. The molecule has 6 rings (SSSR count). The highest BCUT2D eigenvalue weighted by atomic mass is 32.2. The third kappa shape index (κ3) is 6.12. The number of hydrogen-bond acceptors (Lipinski definition) is 9. The van der Waals surface area contributed by atoms with Gasteiger partial charge in [-0.1, -0.05) is 42.5 Å². The minimum Gasteiger partial charge on any atom is -0.481 e. The molecule has 0 bridgehead atoms. The van der Waals surface area contributed by atoms with E-state index in [0.29, 0.717) is 61.5 Å². The molecule has 1 saturated carbocycles. The van der Waals surface area contributed by atoms with Crippen molar-refractivity contribution in [1.82, 2.24) is 9.88 Å². The zero-order chi connectivity index (χ0) is 31.6. The summed E-state index contributed by atoms with van der Waals surface area (Å²) in [5.74, 6) is -1.97. The Balaban J connectivity index is 1.35. The lowest BCUT2D eigenvalue weighted by molar-refractivity contribution is -0.168. The van der Waals surface area contributed by atoms with Gasteiger partial charge in [0.05, 0.1) is 16.9 Å². The van der Waals surface area contributed by atoms with Crippen LogP contribution in [0.15, 0.2) is 82.1 Å². The number of sulfone groups is 1. The van der Waals surface area contributed by atoms with Crippen LogP contribution in [-0.2, 0) is 30.6 Å². The zero-order valence-electron chi connectivity index (χ0n) is 25.1. The number of carboxylic acids is 1. The van der Waals surface area contributed by atoms with Crippen LogP contribution in [0.5, 0.6) is 0 Å². The molecule has 4 aromatic rings. The molecule has 1 atom stereocenters. The van der Waals surface area contributed by atoms with Crippen molar-refractivity contribution in [1.29, 1.82) is 0 Å². The van der Waals surface area contributed by atoms with Crippen molar-refractivity contribution in [2.45, 2.75) is 67.9 Å². The van der Waals surface area contributed by atoms with E-state index in [1.54, 1.807) is 41.3 Å². The lowest BCUT2D eigenvalue weighted by atomic mass is 9.87. The van der Waals surface area contributed by atoms with Crippen molar-refractivity contribution in [3.8, 4) is 0 Å².